The lowest BCUT2D eigenvalue weighted by Crippen LogP contribution is -2.24. The number of nitrogens with zero attached hydrogens (tertiary/aromatic N) is 2. The Balaban J connectivity index is 1.84. The molecule has 2 N–H and O–H groups in total. The molecule has 5 nitrogen and oxygen atoms in total. The summed E-state index contributed by atoms with van der Waals surface area (Å²) < 4.78 is 10.9. The number of aromatic nitrogens is 2. The lowest BCUT2D eigenvalue weighted by molar-refractivity contribution is 0.152. The van der Waals surface area contributed by atoms with Gasteiger partial charge in [0.05, 0.1) is 5.41 Å². The Bertz CT molecular complexity index is 601. The van der Waals surface area contributed by atoms with Gasteiger partial charge < -0.3 is 15.0 Å². The van der Waals surface area contributed by atoms with Crippen molar-refractivity contribution in [3.63, 3.8) is 0 Å². The van der Waals surface area contributed by atoms with Gasteiger partial charge in [-0.2, -0.15) is 4.98 Å². The van der Waals surface area contributed by atoms with Crippen molar-refractivity contribution in [3.8, 4) is 11.4 Å². The van der Waals surface area contributed by atoms with Crippen LogP contribution < -0.4 is 5.73 Å². The minimum Gasteiger partial charge on any atom is -0.385 e. The number of ether oxygens (including phenoxy) is 1. The average Bonchev–Trinajstić information content (AvgIpc) is 3.23. The van der Waals surface area contributed by atoms with Gasteiger partial charge in [-0.25, -0.2) is 0 Å². The van der Waals surface area contributed by atoms with Gasteiger partial charge in [-0.1, -0.05) is 42.3 Å². The van der Waals surface area contributed by atoms with Gasteiger partial charge in [0.15, 0.2) is 0 Å². The third-order valence-electron chi connectivity index (χ3n) is 4.67. The van der Waals surface area contributed by atoms with Gasteiger partial charge >= 0.3 is 0 Å². The first-order chi connectivity index (χ1) is 10.8. The van der Waals surface area contributed by atoms with Gasteiger partial charge in [0.2, 0.25) is 11.7 Å². The lowest BCUT2D eigenvalue weighted by Gasteiger charge is -2.23. The molecule has 1 saturated carbocycles. The summed E-state index contributed by atoms with van der Waals surface area (Å²) in [6, 6.07) is 7.99. The number of hydrogen-bond donors (Lipinski definition) is 1. The van der Waals surface area contributed by atoms with E-state index in [0.29, 0.717) is 12.4 Å². The lowest BCUT2D eigenvalue weighted by atomic mass is 9.83. The van der Waals surface area contributed by atoms with Crippen LogP contribution in [-0.4, -0.2) is 23.9 Å². The van der Waals surface area contributed by atoms with Gasteiger partial charge in [0.1, 0.15) is 0 Å². The third-order valence-corrected chi connectivity index (χ3v) is 4.67. The average molecular weight is 301 g/mol. The molecule has 0 bridgehead atoms. The molecule has 0 saturated heterocycles. The molecule has 1 fully saturated rings. The zero-order chi connectivity index (χ0) is 15.4. The number of rotatable bonds is 6. The minimum absolute atomic E-state index is 0.00153. The number of nitrogens with two attached hydrogens (primary N) is 1. The highest BCUT2D eigenvalue weighted by Gasteiger charge is 2.40. The van der Waals surface area contributed by atoms with Crippen molar-refractivity contribution >= 4 is 0 Å². The summed E-state index contributed by atoms with van der Waals surface area (Å²) in [6.45, 7) is 1.26. The zero-order valence-electron chi connectivity index (χ0n) is 13.0. The van der Waals surface area contributed by atoms with E-state index in [2.05, 4.69) is 10.1 Å². The van der Waals surface area contributed by atoms with Gasteiger partial charge in [0, 0.05) is 25.8 Å². The Morgan fingerprint density at radius 3 is 2.59 bits per heavy atom. The molecule has 3 rings (SSSR count). The van der Waals surface area contributed by atoms with E-state index in [1.807, 2.05) is 24.3 Å². The van der Waals surface area contributed by atoms with Crippen LogP contribution in [0.3, 0.4) is 0 Å². The first-order valence-corrected chi connectivity index (χ1v) is 7.90. The molecule has 0 radical (unpaired) electrons. The van der Waals surface area contributed by atoms with Crippen LogP contribution in [0.1, 0.15) is 43.6 Å². The second-order valence-corrected chi connectivity index (χ2v) is 6.05. The molecule has 1 heterocycles. The summed E-state index contributed by atoms with van der Waals surface area (Å²) in [5.74, 6) is 1.42. The molecule has 0 aliphatic heterocycles. The maximum absolute atomic E-state index is 5.63. The summed E-state index contributed by atoms with van der Waals surface area (Å²) in [4.78, 5) is 4.68. The topological polar surface area (TPSA) is 74.2 Å². The van der Waals surface area contributed by atoms with Gasteiger partial charge in [-0.15, -0.1) is 0 Å². The molecule has 22 heavy (non-hydrogen) atoms. The fraction of sp³-hybridized carbons (Fsp3) is 0.529. The normalized spacial score (nSPS) is 17.0. The predicted molar refractivity (Wildman–Crippen MR) is 84.3 cm³/mol. The van der Waals surface area contributed by atoms with Crippen molar-refractivity contribution < 1.29 is 9.26 Å². The van der Waals surface area contributed by atoms with Crippen molar-refractivity contribution in [3.05, 3.63) is 35.7 Å². The monoisotopic (exact) mass is 301 g/mol. The van der Waals surface area contributed by atoms with Crippen molar-refractivity contribution in [2.75, 3.05) is 13.7 Å². The number of benzene rings is 1. The molecular weight excluding hydrogens is 278 g/mol. The Labute approximate surface area is 130 Å². The highest BCUT2D eigenvalue weighted by molar-refractivity contribution is 5.54. The van der Waals surface area contributed by atoms with Crippen LogP contribution in [-0.2, 0) is 16.7 Å². The Morgan fingerprint density at radius 1 is 1.23 bits per heavy atom. The molecule has 5 heteroatoms. The largest absolute Gasteiger partial charge is 0.385 e. The first kappa shape index (κ1) is 15.2. The van der Waals surface area contributed by atoms with Crippen LogP contribution in [0.2, 0.25) is 0 Å². The van der Waals surface area contributed by atoms with Crippen LogP contribution in [0.5, 0.6) is 0 Å². The Morgan fingerprint density at radius 2 is 1.95 bits per heavy atom. The summed E-state index contributed by atoms with van der Waals surface area (Å²) >= 11 is 0. The zero-order valence-corrected chi connectivity index (χ0v) is 13.0. The standard InChI is InChI=1S/C17H23N3O2/c1-21-11-10-17(8-2-3-9-17)16-19-15(20-22-16)14-6-4-13(12-18)5-7-14/h4-7H,2-3,8-12,18H2,1H3. The van der Waals surface area contributed by atoms with Crippen molar-refractivity contribution in [2.45, 2.75) is 44.1 Å². The molecule has 1 aromatic heterocycles. The Kier molecular flexibility index (Phi) is 4.55. The second kappa shape index (κ2) is 6.58. The maximum atomic E-state index is 5.63. The fourth-order valence-corrected chi connectivity index (χ4v) is 3.27. The van der Waals surface area contributed by atoms with Gasteiger partial charge in [-0.05, 0) is 24.8 Å². The van der Waals surface area contributed by atoms with E-state index in [1.165, 1.54) is 12.8 Å². The molecule has 1 aliphatic rings. The molecule has 1 aliphatic carbocycles. The molecule has 0 unspecified atom stereocenters. The molecular formula is C17H23N3O2. The smallest absolute Gasteiger partial charge is 0.233 e. The van der Waals surface area contributed by atoms with E-state index in [0.717, 1.165) is 42.9 Å². The van der Waals surface area contributed by atoms with Gasteiger partial charge in [0.25, 0.3) is 0 Å². The first-order valence-electron chi connectivity index (χ1n) is 7.90. The van der Waals surface area contributed by atoms with E-state index >= 15 is 0 Å². The predicted octanol–water partition coefficient (Wildman–Crippen LogP) is 3.04. The van der Waals surface area contributed by atoms with E-state index < -0.39 is 0 Å². The van der Waals surface area contributed by atoms with Crippen LogP contribution in [0.25, 0.3) is 11.4 Å². The molecule has 1 aromatic carbocycles. The summed E-state index contributed by atoms with van der Waals surface area (Å²) in [7, 11) is 1.74. The second-order valence-electron chi connectivity index (χ2n) is 6.05. The van der Waals surface area contributed by atoms with E-state index in [-0.39, 0.29) is 5.41 Å². The van der Waals surface area contributed by atoms with Crippen molar-refractivity contribution in [1.29, 1.82) is 0 Å². The fourth-order valence-electron chi connectivity index (χ4n) is 3.27. The summed E-state index contributed by atoms with van der Waals surface area (Å²) in [6.07, 6.45) is 5.57. The van der Waals surface area contributed by atoms with E-state index in [9.17, 15) is 0 Å². The summed E-state index contributed by atoms with van der Waals surface area (Å²) in [5.41, 5.74) is 7.69. The van der Waals surface area contributed by atoms with Crippen LogP contribution >= 0.6 is 0 Å². The van der Waals surface area contributed by atoms with Crippen LogP contribution in [0, 0.1) is 0 Å². The van der Waals surface area contributed by atoms with Gasteiger partial charge in [-0.3, -0.25) is 0 Å². The molecule has 2 aromatic rings. The minimum atomic E-state index is -0.00153. The number of hydrogen-bond acceptors (Lipinski definition) is 5. The number of methoxy groups -OCH3 is 1. The highest BCUT2D eigenvalue weighted by Crippen LogP contribution is 2.43. The third kappa shape index (κ3) is 2.91. The van der Waals surface area contributed by atoms with E-state index in [4.69, 9.17) is 15.0 Å². The SMILES string of the molecule is COCCC1(c2nc(-c3ccc(CN)cc3)no2)CCCC1. The molecule has 0 spiro atoms. The van der Waals surface area contributed by atoms with Crippen molar-refractivity contribution in [1.82, 2.24) is 10.1 Å². The Hall–Kier alpha value is -1.72. The quantitative estimate of drug-likeness (QED) is 0.887. The summed E-state index contributed by atoms with van der Waals surface area (Å²) in [5, 5.41) is 4.18. The molecule has 0 amide bonds. The van der Waals surface area contributed by atoms with E-state index in [1.54, 1.807) is 7.11 Å². The highest BCUT2D eigenvalue weighted by atomic mass is 16.5. The van der Waals surface area contributed by atoms with Crippen LogP contribution in [0.15, 0.2) is 28.8 Å². The van der Waals surface area contributed by atoms with Crippen LogP contribution in [0.4, 0.5) is 0 Å². The molecule has 0 atom stereocenters. The maximum Gasteiger partial charge on any atom is 0.233 e. The van der Waals surface area contributed by atoms with Crippen molar-refractivity contribution in [2.24, 2.45) is 5.73 Å². The molecule has 118 valence electrons.